The predicted molar refractivity (Wildman–Crippen MR) is 52.7 cm³/mol. The fourth-order valence-corrected chi connectivity index (χ4v) is 0.864. The van der Waals surface area contributed by atoms with Crippen molar-refractivity contribution in [2.75, 3.05) is 32.8 Å². The summed E-state index contributed by atoms with van der Waals surface area (Å²) >= 11 is 0. The molecule has 0 aromatic heterocycles. The van der Waals surface area contributed by atoms with E-state index in [9.17, 15) is 4.79 Å². The first kappa shape index (κ1) is 12.4. The highest BCUT2D eigenvalue weighted by Crippen LogP contribution is 1.76. The van der Waals surface area contributed by atoms with Crippen molar-refractivity contribution >= 4 is 5.91 Å². The maximum atomic E-state index is 11.0. The number of hydrogen-bond acceptors (Lipinski definition) is 3. The summed E-state index contributed by atoms with van der Waals surface area (Å²) in [5, 5.41) is 5.96. The van der Waals surface area contributed by atoms with Crippen LogP contribution in [0.25, 0.3) is 0 Å². The van der Waals surface area contributed by atoms with Gasteiger partial charge in [-0.3, -0.25) is 4.79 Å². The fourth-order valence-electron chi connectivity index (χ4n) is 0.864. The van der Waals surface area contributed by atoms with Crippen molar-refractivity contribution in [2.45, 2.75) is 20.3 Å². The highest BCUT2D eigenvalue weighted by molar-refractivity contribution is 5.77. The lowest BCUT2D eigenvalue weighted by Crippen LogP contribution is -2.30. The molecular weight excluding hydrogens is 168 g/mol. The summed E-state index contributed by atoms with van der Waals surface area (Å²) in [4.78, 5) is 11.0. The molecule has 2 N–H and O–H groups in total. The van der Waals surface area contributed by atoms with E-state index in [0.717, 1.165) is 26.1 Å². The van der Waals surface area contributed by atoms with Gasteiger partial charge in [-0.1, -0.05) is 6.92 Å². The average Bonchev–Trinajstić information content (AvgIpc) is 2.14. The van der Waals surface area contributed by atoms with Crippen LogP contribution in [0.1, 0.15) is 20.3 Å². The molecule has 0 aliphatic rings. The summed E-state index contributed by atoms with van der Waals surface area (Å²) in [7, 11) is 0. The number of ether oxygens (including phenoxy) is 1. The lowest BCUT2D eigenvalue weighted by Gasteiger charge is -2.05. The molecule has 1 amide bonds. The zero-order chi connectivity index (χ0) is 9.94. The van der Waals surface area contributed by atoms with E-state index < -0.39 is 0 Å². The lowest BCUT2D eigenvalue weighted by atomic mass is 10.4. The van der Waals surface area contributed by atoms with Gasteiger partial charge in [-0.15, -0.1) is 0 Å². The molecule has 0 unspecified atom stereocenters. The van der Waals surface area contributed by atoms with Crippen molar-refractivity contribution in [1.29, 1.82) is 0 Å². The largest absolute Gasteiger partial charge is 0.372 e. The smallest absolute Gasteiger partial charge is 0.245 e. The highest BCUT2D eigenvalue weighted by Gasteiger charge is 1.97. The Morgan fingerprint density at radius 1 is 1.31 bits per heavy atom. The molecule has 0 saturated carbocycles. The van der Waals surface area contributed by atoms with Crippen LogP contribution in [0.3, 0.4) is 0 Å². The minimum absolute atomic E-state index is 0.0293. The van der Waals surface area contributed by atoms with E-state index >= 15 is 0 Å². The Kier molecular flexibility index (Phi) is 9.03. The Bertz CT molecular complexity index is 129. The first-order valence-electron chi connectivity index (χ1n) is 4.86. The molecule has 0 heterocycles. The van der Waals surface area contributed by atoms with Gasteiger partial charge in [-0.2, -0.15) is 0 Å². The Morgan fingerprint density at radius 2 is 2.08 bits per heavy atom. The van der Waals surface area contributed by atoms with Crippen molar-refractivity contribution in [3.63, 3.8) is 0 Å². The van der Waals surface area contributed by atoms with Gasteiger partial charge in [0, 0.05) is 13.2 Å². The van der Waals surface area contributed by atoms with Gasteiger partial charge in [0.1, 0.15) is 6.61 Å². The normalized spacial score (nSPS) is 10.0. The number of rotatable bonds is 8. The molecule has 0 aliphatic heterocycles. The third-order valence-corrected chi connectivity index (χ3v) is 1.54. The van der Waals surface area contributed by atoms with Crippen molar-refractivity contribution in [3.8, 4) is 0 Å². The molecule has 0 spiro atoms. The summed E-state index contributed by atoms with van der Waals surface area (Å²) in [6.07, 6.45) is 0.964. The summed E-state index contributed by atoms with van der Waals surface area (Å²) in [5.74, 6) is -0.0293. The Labute approximate surface area is 80.0 Å². The van der Waals surface area contributed by atoms with E-state index in [2.05, 4.69) is 17.6 Å². The third-order valence-electron chi connectivity index (χ3n) is 1.54. The van der Waals surface area contributed by atoms with Crippen LogP contribution in [-0.2, 0) is 9.53 Å². The number of amides is 1. The average molecular weight is 188 g/mol. The molecule has 0 aromatic carbocycles. The van der Waals surface area contributed by atoms with E-state index in [1.54, 1.807) is 0 Å². The van der Waals surface area contributed by atoms with Gasteiger partial charge in [-0.05, 0) is 26.4 Å². The fraction of sp³-hybridized carbons (Fsp3) is 0.889. The molecule has 0 fully saturated rings. The van der Waals surface area contributed by atoms with Gasteiger partial charge in [0.15, 0.2) is 0 Å². The molecule has 4 heteroatoms. The van der Waals surface area contributed by atoms with Crippen LogP contribution in [0.2, 0.25) is 0 Å². The van der Waals surface area contributed by atoms with Crippen molar-refractivity contribution in [3.05, 3.63) is 0 Å². The molecule has 0 aliphatic carbocycles. The van der Waals surface area contributed by atoms with Gasteiger partial charge in [0.05, 0.1) is 0 Å². The summed E-state index contributed by atoms with van der Waals surface area (Å²) < 4.78 is 4.95. The highest BCUT2D eigenvalue weighted by atomic mass is 16.5. The topological polar surface area (TPSA) is 50.4 Å². The van der Waals surface area contributed by atoms with E-state index in [1.807, 2.05) is 6.92 Å². The lowest BCUT2D eigenvalue weighted by molar-refractivity contribution is -0.125. The van der Waals surface area contributed by atoms with E-state index in [4.69, 9.17) is 4.74 Å². The van der Waals surface area contributed by atoms with Crippen LogP contribution >= 0.6 is 0 Å². The van der Waals surface area contributed by atoms with E-state index in [0.29, 0.717) is 6.61 Å². The number of carbonyl (C=O) groups excluding carboxylic acids is 1. The number of nitrogens with one attached hydrogen (secondary N) is 2. The van der Waals surface area contributed by atoms with Gasteiger partial charge in [0.2, 0.25) is 5.91 Å². The van der Waals surface area contributed by atoms with Crippen LogP contribution in [0.4, 0.5) is 0 Å². The maximum absolute atomic E-state index is 11.0. The number of hydrogen-bond donors (Lipinski definition) is 2. The van der Waals surface area contributed by atoms with E-state index in [1.165, 1.54) is 0 Å². The zero-order valence-corrected chi connectivity index (χ0v) is 8.56. The first-order chi connectivity index (χ1) is 6.31. The van der Waals surface area contributed by atoms with Crippen LogP contribution in [0.15, 0.2) is 0 Å². The molecule has 0 saturated heterocycles. The molecular formula is C9H20N2O2. The molecule has 78 valence electrons. The summed E-state index contributed by atoms with van der Waals surface area (Å²) in [6, 6.07) is 0. The van der Waals surface area contributed by atoms with Crippen LogP contribution in [0.5, 0.6) is 0 Å². The molecule has 0 aromatic rings. The second kappa shape index (κ2) is 9.48. The summed E-state index contributed by atoms with van der Waals surface area (Å²) in [6.45, 7) is 7.35. The number of carbonyl (C=O) groups is 1. The molecule has 4 nitrogen and oxygen atoms in total. The Balaban J connectivity index is 3.08. The first-order valence-corrected chi connectivity index (χ1v) is 4.86. The molecule has 0 atom stereocenters. The second-order valence-electron chi connectivity index (χ2n) is 2.69. The van der Waals surface area contributed by atoms with Gasteiger partial charge in [-0.25, -0.2) is 0 Å². The van der Waals surface area contributed by atoms with Gasteiger partial charge < -0.3 is 15.4 Å². The van der Waals surface area contributed by atoms with E-state index in [-0.39, 0.29) is 12.5 Å². The second-order valence-corrected chi connectivity index (χ2v) is 2.69. The standard InChI is InChI=1S/C9H20N2O2/c1-3-10-6-5-7-11-9(12)8-13-4-2/h10H,3-8H2,1-2H3,(H,11,12). The Hall–Kier alpha value is -0.610. The minimum atomic E-state index is -0.0293. The molecule has 13 heavy (non-hydrogen) atoms. The quantitative estimate of drug-likeness (QED) is 0.533. The maximum Gasteiger partial charge on any atom is 0.245 e. The predicted octanol–water partition coefficient (Wildman–Crippen LogP) is 0.139. The minimum Gasteiger partial charge on any atom is -0.372 e. The van der Waals surface area contributed by atoms with Crippen molar-refractivity contribution < 1.29 is 9.53 Å². The zero-order valence-electron chi connectivity index (χ0n) is 8.56. The Morgan fingerprint density at radius 3 is 2.69 bits per heavy atom. The monoisotopic (exact) mass is 188 g/mol. The van der Waals surface area contributed by atoms with Crippen LogP contribution in [0, 0.1) is 0 Å². The van der Waals surface area contributed by atoms with Crippen LogP contribution in [-0.4, -0.2) is 38.8 Å². The third kappa shape index (κ3) is 9.30. The van der Waals surface area contributed by atoms with Crippen LogP contribution < -0.4 is 10.6 Å². The van der Waals surface area contributed by atoms with Crippen molar-refractivity contribution in [2.24, 2.45) is 0 Å². The molecule has 0 radical (unpaired) electrons. The molecule has 0 bridgehead atoms. The SMILES string of the molecule is CCNCCCNC(=O)COCC. The van der Waals surface area contributed by atoms with Crippen molar-refractivity contribution in [1.82, 2.24) is 10.6 Å². The summed E-state index contributed by atoms with van der Waals surface area (Å²) in [5.41, 5.74) is 0. The van der Waals surface area contributed by atoms with Gasteiger partial charge >= 0.3 is 0 Å². The molecule has 0 rings (SSSR count). The van der Waals surface area contributed by atoms with Gasteiger partial charge in [0.25, 0.3) is 0 Å².